The van der Waals surface area contributed by atoms with Gasteiger partial charge in [0.1, 0.15) is 5.71 Å². The number of likely N-dealkylation sites (tertiary alicyclic amines) is 1. The van der Waals surface area contributed by atoms with E-state index in [0.29, 0.717) is 31.6 Å². The van der Waals surface area contributed by atoms with E-state index in [9.17, 15) is 19.5 Å². The summed E-state index contributed by atoms with van der Waals surface area (Å²) < 4.78 is 0. The molecule has 0 saturated carbocycles. The number of rotatable bonds is 7. The van der Waals surface area contributed by atoms with Crippen molar-refractivity contribution >= 4 is 29.2 Å². The van der Waals surface area contributed by atoms with Gasteiger partial charge in [0, 0.05) is 32.5 Å². The van der Waals surface area contributed by atoms with Crippen LogP contribution in [-0.4, -0.2) is 59.2 Å². The molecule has 2 aliphatic heterocycles. The molecule has 2 heterocycles. The van der Waals surface area contributed by atoms with Crippen LogP contribution in [0.15, 0.2) is 35.4 Å². The molecular formula is C20H26N4O4. The Balaban J connectivity index is 1.52. The minimum absolute atomic E-state index is 0.0562. The van der Waals surface area contributed by atoms with Crippen LogP contribution in [0.4, 0.5) is 5.69 Å². The van der Waals surface area contributed by atoms with Crippen LogP contribution in [0, 0.1) is 0 Å². The topological polar surface area (TPSA) is 102 Å². The number of hydrogen-bond donors (Lipinski definition) is 2. The average molecular weight is 386 g/mol. The number of para-hydroxylation sites is 1. The normalized spacial score (nSPS) is 19.9. The fourth-order valence-corrected chi connectivity index (χ4v) is 3.51. The van der Waals surface area contributed by atoms with Gasteiger partial charge in [0.05, 0.1) is 5.69 Å². The third-order valence-electron chi connectivity index (χ3n) is 5.04. The van der Waals surface area contributed by atoms with Crippen molar-refractivity contribution < 1.29 is 19.5 Å². The van der Waals surface area contributed by atoms with Gasteiger partial charge in [0.2, 0.25) is 5.91 Å². The molecule has 0 aliphatic carbocycles. The molecule has 2 amide bonds. The number of nitrogens with zero attached hydrogens (tertiary/aromatic N) is 3. The number of carbonyl (C=O) groups is 3. The first-order valence-electron chi connectivity index (χ1n) is 9.77. The summed E-state index contributed by atoms with van der Waals surface area (Å²) in [5.41, 5.74) is 0.847. The zero-order valence-corrected chi connectivity index (χ0v) is 15.8. The maximum atomic E-state index is 12.4. The molecule has 0 aromatic heterocycles. The van der Waals surface area contributed by atoms with Crippen molar-refractivity contribution in [3.05, 3.63) is 30.3 Å². The summed E-state index contributed by atoms with van der Waals surface area (Å²) in [7, 11) is 0. The summed E-state index contributed by atoms with van der Waals surface area (Å²) in [6, 6.07) is 8.06. The van der Waals surface area contributed by atoms with Crippen LogP contribution in [0.2, 0.25) is 0 Å². The van der Waals surface area contributed by atoms with E-state index >= 15 is 0 Å². The van der Waals surface area contributed by atoms with Crippen molar-refractivity contribution in [2.24, 2.45) is 5.10 Å². The van der Waals surface area contributed by atoms with Crippen molar-refractivity contribution in [2.45, 2.75) is 44.6 Å². The van der Waals surface area contributed by atoms with Gasteiger partial charge in [0.15, 0.2) is 6.04 Å². The lowest BCUT2D eigenvalue weighted by atomic mass is 10.1. The molecule has 1 fully saturated rings. The Morgan fingerprint density at radius 2 is 1.96 bits per heavy atom. The van der Waals surface area contributed by atoms with Gasteiger partial charge >= 0.3 is 5.97 Å². The van der Waals surface area contributed by atoms with Crippen LogP contribution in [0.5, 0.6) is 0 Å². The second-order valence-corrected chi connectivity index (χ2v) is 7.09. The molecule has 1 atom stereocenters. The number of nitrogens with one attached hydrogen (secondary N) is 1. The molecule has 2 aliphatic rings. The Hall–Kier alpha value is -2.90. The second kappa shape index (κ2) is 9.34. The lowest BCUT2D eigenvalue weighted by molar-refractivity contribution is -0.138. The van der Waals surface area contributed by atoms with Gasteiger partial charge in [-0.25, -0.2) is 4.79 Å². The Kier molecular flexibility index (Phi) is 6.62. The summed E-state index contributed by atoms with van der Waals surface area (Å²) in [5, 5.41) is 17.9. The predicted octanol–water partition coefficient (Wildman–Crippen LogP) is 1.61. The van der Waals surface area contributed by atoms with Gasteiger partial charge in [-0.1, -0.05) is 24.6 Å². The van der Waals surface area contributed by atoms with Crippen LogP contribution in [-0.2, 0) is 14.4 Å². The van der Waals surface area contributed by atoms with Crippen molar-refractivity contribution in [2.75, 3.05) is 24.6 Å². The SMILES string of the molecule is O=C(NCCCN1CCCCCC1=O)C1=NN(c2ccccc2)C(C(=O)O)C1. The fraction of sp³-hybridized carbons (Fsp3) is 0.500. The molecule has 3 rings (SSSR count). The highest BCUT2D eigenvalue weighted by Gasteiger charge is 2.36. The van der Waals surface area contributed by atoms with Crippen LogP contribution in [0.1, 0.15) is 38.5 Å². The van der Waals surface area contributed by atoms with Gasteiger partial charge in [-0.05, 0) is 31.4 Å². The quantitative estimate of drug-likeness (QED) is 0.693. The van der Waals surface area contributed by atoms with Gasteiger partial charge in [-0.3, -0.25) is 14.6 Å². The molecule has 0 radical (unpaired) electrons. The minimum Gasteiger partial charge on any atom is -0.480 e. The Morgan fingerprint density at radius 3 is 2.71 bits per heavy atom. The van der Waals surface area contributed by atoms with E-state index in [1.807, 2.05) is 11.0 Å². The van der Waals surface area contributed by atoms with Crippen LogP contribution in [0.25, 0.3) is 0 Å². The van der Waals surface area contributed by atoms with Crippen LogP contribution < -0.4 is 10.3 Å². The maximum Gasteiger partial charge on any atom is 0.328 e. The van der Waals surface area contributed by atoms with Crippen molar-refractivity contribution in [1.82, 2.24) is 10.2 Å². The summed E-state index contributed by atoms with van der Waals surface area (Å²) in [4.78, 5) is 37.8. The lowest BCUT2D eigenvalue weighted by Crippen LogP contribution is -2.37. The molecule has 1 aromatic rings. The van der Waals surface area contributed by atoms with Crippen molar-refractivity contribution in [1.29, 1.82) is 0 Å². The first-order valence-corrected chi connectivity index (χ1v) is 9.77. The standard InChI is InChI=1S/C20H26N4O4/c25-18-10-5-2-6-12-23(18)13-7-11-21-19(26)16-14-17(20(27)28)24(22-16)15-8-3-1-4-9-15/h1,3-4,8-9,17H,2,5-7,10-14H2,(H,21,26)(H,27,28). The Labute approximate surface area is 164 Å². The maximum absolute atomic E-state index is 12.4. The lowest BCUT2D eigenvalue weighted by Gasteiger charge is -2.20. The zero-order chi connectivity index (χ0) is 19.9. The van der Waals surface area contributed by atoms with E-state index in [0.717, 1.165) is 25.8 Å². The predicted molar refractivity (Wildman–Crippen MR) is 105 cm³/mol. The van der Waals surface area contributed by atoms with Crippen molar-refractivity contribution in [3.63, 3.8) is 0 Å². The van der Waals surface area contributed by atoms with Gasteiger partial charge in [-0.15, -0.1) is 0 Å². The molecule has 1 aromatic carbocycles. The highest BCUT2D eigenvalue weighted by atomic mass is 16.4. The number of hydrazone groups is 1. The number of aliphatic carboxylic acids is 1. The van der Waals surface area contributed by atoms with Gasteiger partial charge in [-0.2, -0.15) is 5.10 Å². The summed E-state index contributed by atoms with van der Waals surface area (Å²) >= 11 is 0. The Morgan fingerprint density at radius 1 is 1.18 bits per heavy atom. The van der Waals surface area contributed by atoms with E-state index < -0.39 is 12.0 Å². The summed E-state index contributed by atoms with van der Waals surface area (Å²) in [6.45, 7) is 1.83. The molecule has 1 unspecified atom stereocenters. The minimum atomic E-state index is -1.02. The number of hydrogen-bond acceptors (Lipinski definition) is 5. The molecule has 0 spiro atoms. The molecule has 8 heteroatoms. The third-order valence-corrected chi connectivity index (χ3v) is 5.04. The van der Waals surface area contributed by atoms with E-state index in [4.69, 9.17) is 0 Å². The number of benzene rings is 1. The third kappa shape index (κ3) is 4.88. The molecule has 28 heavy (non-hydrogen) atoms. The van der Waals surface area contributed by atoms with Gasteiger partial charge < -0.3 is 15.3 Å². The van der Waals surface area contributed by atoms with E-state index in [-0.39, 0.29) is 23.9 Å². The highest BCUT2D eigenvalue weighted by Crippen LogP contribution is 2.24. The second-order valence-electron chi connectivity index (χ2n) is 7.09. The summed E-state index contributed by atoms with van der Waals surface area (Å²) in [6.07, 6.45) is 4.39. The monoisotopic (exact) mass is 386 g/mol. The molecular weight excluding hydrogens is 360 g/mol. The molecule has 2 N–H and O–H groups in total. The number of carboxylic acid groups (broad SMARTS) is 1. The van der Waals surface area contributed by atoms with Crippen molar-refractivity contribution in [3.8, 4) is 0 Å². The van der Waals surface area contributed by atoms with Gasteiger partial charge in [0.25, 0.3) is 5.91 Å². The fourth-order valence-electron chi connectivity index (χ4n) is 3.51. The zero-order valence-electron chi connectivity index (χ0n) is 15.8. The molecule has 150 valence electrons. The largest absolute Gasteiger partial charge is 0.480 e. The first-order chi connectivity index (χ1) is 13.6. The smallest absolute Gasteiger partial charge is 0.328 e. The number of amides is 2. The average Bonchev–Trinajstić information content (AvgIpc) is 3.05. The number of carboxylic acids is 1. The van der Waals surface area contributed by atoms with Crippen LogP contribution in [0.3, 0.4) is 0 Å². The van der Waals surface area contributed by atoms with E-state index in [2.05, 4.69) is 10.4 Å². The molecule has 8 nitrogen and oxygen atoms in total. The number of carbonyl (C=O) groups excluding carboxylic acids is 2. The number of anilines is 1. The van der Waals surface area contributed by atoms with E-state index in [1.54, 1.807) is 24.3 Å². The first kappa shape index (κ1) is 19.9. The Bertz CT molecular complexity index is 750. The highest BCUT2D eigenvalue weighted by molar-refractivity contribution is 6.40. The summed E-state index contributed by atoms with van der Waals surface area (Å²) in [5.74, 6) is -1.19. The van der Waals surface area contributed by atoms with Crippen LogP contribution >= 0.6 is 0 Å². The van der Waals surface area contributed by atoms with E-state index in [1.165, 1.54) is 5.01 Å². The molecule has 1 saturated heterocycles. The molecule has 0 bridgehead atoms.